The van der Waals surface area contributed by atoms with E-state index in [9.17, 15) is 14.9 Å². The first-order valence-electron chi connectivity index (χ1n) is 6.18. The summed E-state index contributed by atoms with van der Waals surface area (Å²) in [4.78, 5) is 29.1. The summed E-state index contributed by atoms with van der Waals surface area (Å²) in [6, 6.07) is 0. The number of carbonyl (C=O) groups excluding carboxylic acids is 1. The Labute approximate surface area is 116 Å². The third kappa shape index (κ3) is 4.34. The molecule has 9 nitrogen and oxygen atoms in total. The van der Waals surface area contributed by atoms with Crippen LogP contribution in [0, 0.1) is 17.0 Å². The lowest BCUT2D eigenvalue weighted by atomic mass is 10.2. The minimum atomic E-state index is -0.513. The first kappa shape index (κ1) is 15.6. The van der Waals surface area contributed by atoms with E-state index in [2.05, 4.69) is 20.6 Å². The van der Waals surface area contributed by atoms with Crippen molar-refractivity contribution < 1.29 is 9.72 Å². The fraction of sp³-hybridized carbons (Fsp3) is 0.545. The van der Waals surface area contributed by atoms with E-state index in [1.54, 1.807) is 14.0 Å². The fourth-order valence-corrected chi connectivity index (χ4v) is 1.65. The highest BCUT2D eigenvalue weighted by atomic mass is 16.6. The van der Waals surface area contributed by atoms with E-state index in [0.29, 0.717) is 31.8 Å². The van der Waals surface area contributed by atoms with Gasteiger partial charge in [-0.05, 0) is 19.8 Å². The van der Waals surface area contributed by atoms with E-state index in [-0.39, 0.29) is 23.1 Å². The number of nitro groups is 1. The number of aryl methyl sites for hydroxylation is 1. The Morgan fingerprint density at radius 3 is 2.65 bits per heavy atom. The maximum absolute atomic E-state index is 11.0. The highest BCUT2D eigenvalue weighted by molar-refractivity contribution is 5.73. The molecule has 110 valence electrons. The molecule has 0 aromatic carbocycles. The van der Waals surface area contributed by atoms with Crippen LogP contribution in [0.25, 0.3) is 0 Å². The molecule has 1 rings (SSSR count). The van der Waals surface area contributed by atoms with Gasteiger partial charge in [0.2, 0.25) is 17.7 Å². The van der Waals surface area contributed by atoms with Crippen molar-refractivity contribution in [2.75, 3.05) is 24.2 Å². The van der Waals surface area contributed by atoms with Gasteiger partial charge < -0.3 is 16.4 Å². The van der Waals surface area contributed by atoms with Gasteiger partial charge in [-0.2, -0.15) is 4.98 Å². The van der Waals surface area contributed by atoms with Crippen LogP contribution in [0.3, 0.4) is 0 Å². The second-order valence-electron chi connectivity index (χ2n) is 4.19. The molecule has 4 N–H and O–H groups in total. The van der Waals surface area contributed by atoms with Crippen LogP contribution >= 0.6 is 0 Å². The zero-order valence-corrected chi connectivity index (χ0v) is 11.5. The third-order valence-corrected chi connectivity index (χ3v) is 2.61. The molecule has 0 unspecified atom stereocenters. The molecule has 1 aromatic heterocycles. The van der Waals surface area contributed by atoms with Gasteiger partial charge in [0.15, 0.2) is 0 Å². The summed E-state index contributed by atoms with van der Waals surface area (Å²) in [5.74, 6) is 0.130. The van der Waals surface area contributed by atoms with Crippen LogP contribution in [0.15, 0.2) is 0 Å². The molecule has 0 spiro atoms. The summed E-state index contributed by atoms with van der Waals surface area (Å²) in [5.41, 5.74) is 5.18. The molecule has 0 aliphatic rings. The molecule has 1 amide bonds. The van der Waals surface area contributed by atoms with Crippen LogP contribution in [0.2, 0.25) is 0 Å². The Bertz CT molecular complexity index is 505. The number of rotatable bonds is 8. The summed E-state index contributed by atoms with van der Waals surface area (Å²) in [6.45, 7) is 2.02. The van der Waals surface area contributed by atoms with Crippen molar-refractivity contribution in [1.29, 1.82) is 0 Å². The number of nitrogens with two attached hydrogens (primary N) is 1. The van der Waals surface area contributed by atoms with Crippen molar-refractivity contribution in [3.8, 4) is 0 Å². The number of hydrogen-bond acceptors (Lipinski definition) is 7. The van der Waals surface area contributed by atoms with Crippen LogP contribution in [-0.2, 0) is 4.79 Å². The number of nitrogens with zero attached hydrogens (tertiary/aromatic N) is 3. The molecule has 20 heavy (non-hydrogen) atoms. The summed E-state index contributed by atoms with van der Waals surface area (Å²) in [6.07, 6.45) is 1.59. The maximum Gasteiger partial charge on any atom is 0.332 e. The first-order chi connectivity index (χ1) is 9.45. The number of anilines is 2. The predicted molar refractivity (Wildman–Crippen MR) is 74.5 cm³/mol. The summed E-state index contributed by atoms with van der Waals surface area (Å²) in [7, 11) is 1.64. The molecular formula is C11H18N6O3. The largest absolute Gasteiger partial charge is 0.370 e. The van der Waals surface area contributed by atoms with Crippen LogP contribution in [0.4, 0.5) is 17.5 Å². The molecule has 0 fully saturated rings. The number of amides is 1. The van der Waals surface area contributed by atoms with Gasteiger partial charge in [-0.1, -0.05) is 0 Å². The number of hydrogen-bond donors (Lipinski definition) is 3. The van der Waals surface area contributed by atoms with Crippen molar-refractivity contribution in [3.05, 3.63) is 15.8 Å². The lowest BCUT2D eigenvalue weighted by Crippen LogP contribution is -2.12. The number of unbranched alkanes of at least 4 members (excludes halogenated alkanes) is 1. The topological polar surface area (TPSA) is 136 Å². The predicted octanol–water partition coefficient (Wildman–Crippen LogP) is 0.802. The summed E-state index contributed by atoms with van der Waals surface area (Å²) < 4.78 is 0. The number of aromatic nitrogens is 2. The van der Waals surface area contributed by atoms with Gasteiger partial charge in [0.1, 0.15) is 5.69 Å². The van der Waals surface area contributed by atoms with E-state index >= 15 is 0 Å². The average molecular weight is 282 g/mol. The van der Waals surface area contributed by atoms with E-state index < -0.39 is 4.92 Å². The van der Waals surface area contributed by atoms with Crippen LogP contribution in [-0.4, -0.2) is 34.4 Å². The Balaban J connectivity index is 2.74. The van der Waals surface area contributed by atoms with Gasteiger partial charge in [-0.25, -0.2) is 4.98 Å². The molecule has 0 bridgehead atoms. The minimum absolute atomic E-state index is 0.140. The van der Waals surface area contributed by atoms with Gasteiger partial charge in [0.05, 0.1) is 4.92 Å². The fourth-order valence-electron chi connectivity index (χ4n) is 1.65. The number of nitrogens with one attached hydrogen (secondary N) is 2. The van der Waals surface area contributed by atoms with Crippen molar-refractivity contribution in [3.63, 3.8) is 0 Å². The molecule has 0 aliphatic heterocycles. The Kier molecular flexibility index (Phi) is 5.63. The lowest BCUT2D eigenvalue weighted by molar-refractivity contribution is -0.385. The van der Waals surface area contributed by atoms with Crippen molar-refractivity contribution in [2.45, 2.75) is 26.2 Å². The molecule has 0 aliphatic carbocycles. The normalized spacial score (nSPS) is 10.1. The van der Waals surface area contributed by atoms with Gasteiger partial charge in [-0.15, -0.1) is 0 Å². The molecule has 0 saturated carbocycles. The molecule has 1 heterocycles. The molecule has 0 radical (unpaired) electrons. The van der Waals surface area contributed by atoms with Crippen LogP contribution in [0.5, 0.6) is 0 Å². The molecule has 0 saturated heterocycles. The second-order valence-corrected chi connectivity index (χ2v) is 4.19. The van der Waals surface area contributed by atoms with Crippen molar-refractivity contribution in [1.82, 2.24) is 9.97 Å². The molecule has 9 heteroatoms. The standard InChI is InChI=1S/C11H18N6O3/c1-7-9(17(19)20)10(16-11(13-2)15-7)14-6-4-3-5-8(12)18/h3-6H2,1-2H3,(H2,12,18)(H2,13,14,15,16). The number of primary amides is 1. The average Bonchev–Trinajstić information content (AvgIpc) is 2.36. The lowest BCUT2D eigenvalue weighted by Gasteiger charge is -2.09. The van der Waals surface area contributed by atoms with Gasteiger partial charge >= 0.3 is 5.69 Å². The van der Waals surface area contributed by atoms with E-state index in [1.807, 2.05) is 0 Å². The maximum atomic E-state index is 11.0. The Hall–Kier alpha value is -2.45. The summed E-state index contributed by atoms with van der Waals surface area (Å²) >= 11 is 0. The zero-order chi connectivity index (χ0) is 15.1. The number of carbonyl (C=O) groups is 1. The smallest absolute Gasteiger partial charge is 0.332 e. The first-order valence-corrected chi connectivity index (χ1v) is 6.18. The highest BCUT2D eigenvalue weighted by Gasteiger charge is 2.21. The summed E-state index contributed by atoms with van der Waals surface area (Å²) in [5, 5.41) is 16.7. The zero-order valence-electron chi connectivity index (χ0n) is 11.5. The monoisotopic (exact) mass is 282 g/mol. The molecule has 0 atom stereocenters. The van der Waals surface area contributed by atoms with Gasteiger partial charge in [0.25, 0.3) is 0 Å². The van der Waals surface area contributed by atoms with Crippen molar-refractivity contribution >= 4 is 23.4 Å². The van der Waals surface area contributed by atoms with Crippen LogP contribution in [0.1, 0.15) is 25.0 Å². The Morgan fingerprint density at radius 1 is 1.40 bits per heavy atom. The highest BCUT2D eigenvalue weighted by Crippen LogP contribution is 2.26. The Morgan fingerprint density at radius 2 is 2.10 bits per heavy atom. The third-order valence-electron chi connectivity index (χ3n) is 2.61. The second kappa shape index (κ2) is 7.22. The van der Waals surface area contributed by atoms with Crippen molar-refractivity contribution in [2.24, 2.45) is 5.73 Å². The minimum Gasteiger partial charge on any atom is -0.370 e. The van der Waals surface area contributed by atoms with Crippen LogP contribution < -0.4 is 16.4 Å². The SMILES string of the molecule is CNc1nc(C)c([N+](=O)[O-])c(NCCCCC(N)=O)n1. The molecular weight excluding hydrogens is 264 g/mol. The van der Waals surface area contributed by atoms with E-state index in [4.69, 9.17) is 5.73 Å². The quantitative estimate of drug-likeness (QED) is 0.364. The van der Waals surface area contributed by atoms with Gasteiger partial charge in [0, 0.05) is 20.0 Å². The van der Waals surface area contributed by atoms with E-state index in [0.717, 1.165) is 0 Å². The molecule has 1 aromatic rings. The van der Waals surface area contributed by atoms with E-state index in [1.165, 1.54) is 0 Å². The van der Waals surface area contributed by atoms with Gasteiger partial charge in [-0.3, -0.25) is 14.9 Å².